The molecule has 0 spiro atoms. The minimum absolute atomic E-state index is 0.590. The van der Waals surface area contributed by atoms with Gasteiger partial charge in [-0.15, -0.1) is 0 Å². The Bertz CT molecular complexity index is 265. The Balaban J connectivity index is 1.86. The van der Waals surface area contributed by atoms with Crippen LogP contribution in [0.5, 0.6) is 0 Å². The van der Waals surface area contributed by atoms with Crippen molar-refractivity contribution in [3.63, 3.8) is 0 Å². The van der Waals surface area contributed by atoms with Crippen LogP contribution < -0.4 is 10.6 Å². The SMILES string of the molecule is C/C=C(/CN1CCNCC1)C(C)N1CCNCC1. The lowest BCUT2D eigenvalue weighted by Gasteiger charge is -2.36. The Morgan fingerprint density at radius 3 is 2.17 bits per heavy atom. The van der Waals surface area contributed by atoms with Crippen LogP contribution in [0.1, 0.15) is 13.8 Å². The third kappa shape index (κ3) is 3.79. The first-order valence-corrected chi connectivity index (χ1v) is 7.34. The summed E-state index contributed by atoms with van der Waals surface area (Å²) < 4.78 is 0. The van der Waals surface area contributed by atoms with E-state index < -0.39 is 0 Å². The summed E-state index contributed by atoms with van der Waals surface area (Å²) in [5.41, 5.74) is 1.58. The number of piperazine rings is 2. The highest BCUT2D eigenvalue weighted by molar-refractivity contribution is 5.12. The minimum Gasteiger partial charge on any atom is -0.314 e. The maximum atomic E-state index is 3.43. The maximum Gasteiger partial charge on any atom is 0.0292 e. The second kappa shape index (κ2) is 7.24. The maximum absolute atomic E-state index is 3.43. The van der Waals surface area contributed by atoms with Crippen molar-refractivity contribution >= 4 is 0 Å². The molecule has 4 heteroatoms. The van der Waals surface area contributed by atoms with E-state index >= 15 is 0 Å². The van der Waals surface area contributed by atoms with Gasteiger partial charge >= 0.3 is 0 Å². The van der Waals surface area contributed by atoms with Gasteiger partial charge in [-0.25, -0.2) is 0 Å². The van der Waals surface area contributed by atoms with Crippen LogP contribution in [0.2, 0.25) is 0 Å². The second-order valence-corrected chi connectivity index (χ2v) is 5.35. The molecule has 2 rings (SSSR count). The lowest BCUT2D eigenvalue weighted by atomic mass is 10.1. The molecule has 2 N–H and O–H groups in total. The largest absolute Gasteiger partial charge is 0.314 e. The van der Waals surface area contributed by atoms with Crippen LogP contribution in [0.25, 0.3) is 0 Å². The molecule has 0 aromatic rings. The van der Waals surface area contributed by atoms with Crippen LogP contribution >= 0.6 is 0 Å². The highest BCUT2D eigenvalue weighted by Crippen LogP contribution is 2.13. The van der Waals surface area contributed by atoms with Crippen LogP contribution in [0.3, 0.4) is 0 Å². The number of hydrogen-bond acceptors (Lipinski definition) is 4. The van der Waals surface area contributed by atoms with Crippen molar-refractivity contribution in [1.82, 2.24) is 20.4 Å². The Hall–Kier alpha value is -0.420. The molecule has 1 atom stereocenters. The van der Waals surface area contributed by atoms with E-state index in [4.69, 9.17) is 0 Å². The molecular formula is C14H28N4. The Morgan fingerprint density at radius 1 is 1.06 bits per heavy atom. The highest BCUT2D eigenvalue weighted by Gasteiger charge is 2.21. The average Bonchev–Trinajstić information content (AvgIpc) is 2.46. The number of hydrogen-bond donors (Lipinski definition) is 2. The molecule has 0 amide bonds. The molecule has 0 aromatic carbocycles. The fourth-order valence-corrected chi connectivity index (χ4v) is 2.90. The molecule has 2 heterocycles. The third-order valence-corrected chi connectivity index (χ3v) is 4.22. The molecule has 2 saturated heterocycles. The molecule has 0 bridgehead atoms. The van der Waals surface area contributed by atoms with Crippen LogP contribution in [0, 0.1) is 0 Å². The summed E-state index contributed by atoms with van der Waals surface area (Å²) in [4.78, 5) is 5.18. The van der Waals surface area contributed by atoms with Crippen molar-refractivity contribution in [3.05, 3.63) is 11.6 Å². The molecule has 0 radical (unpaired) electrons. The Morgan fingerprint density at radius 2 is 1.61 bits per heavy atom. The van der Waals surface area contributed by atoms with E-state index in [0.29, 0.717) is 6.04 Å². The predicted molar refractivity (Wildman–Crippen MR) is 77.0 cm³/mol. The van der Waals surface area contributed by atoms with Crippen molar-refractivity contribution in [1.29, 1.82) is 0 Å². The Kier molecular flexibility index (Phi) is 5.63. The predicted octanol–water partition coefficient (Wildman–Crippen LogP) is 0.132. The van der Waals surface area contributed by atoms with Crippen molar-refractivity contribution in [2.75, 3.05) is 58.9 Å². The van der Waals surface area contributed by atoms with E-state index in [0.717, 1.165) is 32.7 Å². The van der Waals surface area contributed by atoms with Crippen molar-refractivity contribution in [3.8, 4) is 0 Å². The summed E-state index contributed by atoms with van der Waals surface area (Å²) in [6.45, 7) is 15.0. The van der Waals surface area contributed by atoms with Gasteiger partial charge in [-0.1, -0.05) is 6.08 Å². The van der Waals surface area contributed by atoms with E-state index in [1.165, 1.54) is 26.2 Å². The standard InChI is InChI=1S/C14H28N4/c1-3-14(12-17-8-4-15-5-9-17)13(2)18-10-6-16-7-11-18/h3,13,15-16H,4-12H2,1-2H3/b14-3-. The monoisotopic (exact) mass is 252 g/mol. The fourth-order valence-electron chi connectivity index (χ4n) is 2.90. The van der Waals surface area contributed by atoms with Crippen molar-refractivity contribution in [2.24, 2.45) is 0 Å². The van der Waals surface area contributed by atoms with Gasteiger partial charge in [0.2, 0.25) is 0 Å². The van der Waals surface area contributed by atoms with Gasteiger partial charge in [0.05, 0.1) is 0 Å². The summed E-state index contributed by atoms with van der Waals surface area (Å²) in [6, 6.07) is 0.590. The molecule has 2 fully saturated rings. The second-order valence-electron chi connectivity index (χ2n) is 5.35. The Labute approximate surface area is 111 Å². The molecule has 2 aliphatic heterocycles. The van der Waals surface area contributed by atoms with E-state index in [1.54, 1.807) is 5.57 Å². The molecule has 2 aliphatic rings. The lowest BCUT2D eigenvalue weighted by molar-refractivity contribution is 0.188. The fraction of sp³-hybridized carbons (Fsp3) is 0.857. The average molecular weight is 252 g/mol. The molecule has 4 nitrogen and oxygen atoms in total. The minimum atomic E-state index is 0.590. The first-order chi connectivity index (χ1) is 8.81. The zero-order valence-corrected chi connectivity index (χ0v) is 11.9. The van der Waals surface area contributed by atoms with Gasteiger partial charge in [-0.2, -0.15) is 0 Å². The quantitative estimate of drug-likeness (QED) is 0.697. The zero-order valence-electron chi connectivity index (χ0n) is 11.9. The van der Waals surface area contributed by atoms with Gasteiger partial charge in [-0.3, -0.25) is 9.80 Å². The van der Waals surface area contributed by atoms with E-state index in [9.17, 15) is 0 Å². The summed E-state index contributed by atoms with van der Waals surface area (Å²) in [7, 11) is 0. The number of allylic oxidation sites excluding steroid dienone is 1. The summed E-state index contributed by atoms with van der Waals surface area (Å²) in [5.74, 6) is 0. The zero-order chi connectivity index (χ0) is 12.8. The number of nitrogens with one attached hydrogen (secondary N) is 2. The highest BCUT2D eigenvalue weighted by atomic mass is 15.2. The van der Waals surface area contributed by atoms with E-state index in [-0.39, 0.29) is 0 Å². The van der Waals surface area contributed by atoms with Gasteiger partial charge in [0.25, 0.3) is 0 Å². The summed E-state index contributed by atoms with van der Waals surface area (Å²) >= 11 is 0. The summed E-state index contributed by atoms with van der Waals surface area (Å²) in [5, 5.41) is 6.85. The molecule has 0 aliphatic carbocycles. The normalized spacial score (nSPS) is 26.2. The molecule has 104 valence electrons. The molecular weight excluding hydrogens is 224 g/mol. The van der Waals surface area contributed by atoms with Gasteiger partial charge in [-0.05, 0) is 19.4 Å². The smallest absolute Gasteiger partial charge is 0.0292 e. The number of rotatable bonds is 4. The number of nitrogens with zero attached hydrogens (tertiary/aromatic N) is 2. The first kappa shape index (κ1) is 14.0. The summed E-state index contributed by atoms with van der Waals surface area (Å²) in [6.07, 6.45) is 2.33. The van der Waals surface area contributed by atoms with Gasteiger partial charge < -0.3 is 10.6 Å². The van der Waals surface area contributed by atoms with E-state index in [1.807, 2.05) is 0 Å². The van der Waals surface area contributed by atoms with Gasteiger partial charge in [0.15, 0.2) is 0 Å². The molecule has 0 aromatic heterocycles. The van der Waals surface area contributed by atoms with Gasteiger partial charge in [0.1, 0.15) is 0 Å². The van der Waals surface area contributed by atoms with E-state index in [2.05, 4.69) is 40.4 Å². The first-order valence-electron chi connectivity index (χ1n) is 7.34. The van der Waals surface area contributed by atoms with Crippen LogP contribution in [0.4, 0.5) is 0 Å². The van der Waals surface area contributed by atoms with Crippen molar-refractivity contribution < 1.29 is 0 Å². The lowest BCUT2D eigenvalue weighted by Crippen LogP contribution is -2.50. The van der Waals surface area contributed by atoms with Crippen LogP contribution in [-0.2, 0) is 0 Å². The van der Waals surface area contributed by atoms with Crippen molar-refractivity contribution in [2.45, 2.75) is 19.9 Å². The third-order valence-electron chi connectivity index (χ3n) is 4.22. The molecule has 1 unspecified atom stereocenters. The topological polar surface area (TPSA) is 30.5 Å². The van der Waals surface area contributed by atoms with Gasteiger partial charge in [0, 0.05) is 64.9 Å². The van der Waals surface area contributed by atoms with Crippen LogP contribution in [0.15, 0.2) is 11.6 Å². The molecule has 18 heavy (non-hydrogen) atoms. The van der Waals surface area contributed by atoms with Crippen LogP contribution in [-0.4, -0.2) is 74.7 Å². The molecule has 0 saturated carbocycles.